The molecule has 0 saturated heterocycles. The minimum absolute atomic E-state index is 0.122. The van der Waals surface area contributed by atoms with E-state index in [9.17, 15) is 5.11 Å². The maximum atomic E-state index is 9.37. The summed E-state index contributed by atoms with van der Waals surface area (Å²) in [6.07, 6.45) is 1.05. The first-order valence-corrected chi connectivity index (χ1v) is 6.47. The number of ether oxygens (including phenoxy) is 2. The lowest BCUT2D eigenvalue weighted by molar-refractivity contribution is 0.0110. The number of aliphatic hydroxyl groups excluding tert-OH is 1. The Kier molecular flexibility index (Phi) is 8.78. The molecule has 0 radical (unpaired) electrons. The molecule has 0 aromatic heterocycles. The van der Waals surface area contributed by atoms with E-state index in [4.69, 9.17) is 9.47 Å². The molecule has 4 nitrogen and oxygen atoms in total. The molecule has 0 aliphatic carbocycles. The van der Waals surface area contributed by atoms with Gasteiger partial charge >= 0.3 is 0 Å². The van der Waals surface area contributed by atoms with Crippen LogP contribution in [0.5, 0.6) is 0 Å². The average molecular weight is 247 g/mol. The van der Waals surface area contributed by atoms with Gasteiger partial charge in [-0.25, -0.2) is 0 Å². The summed E-state index contributed by atoms with van der Waals surface area (Å²) >= 11 is 0. The lowest BCUT2D eigenvalue weighted by Crippen LogP contribution is -2.49. The molecule has 4 heteroatoms. The monoisotopic (exact) mass is 247 g/mol. The Hall–Kier alpha value is -0.160. The van der Waals surface area contributed by atoms with E-state index in [1.807, 2.05) is 20.8 Å². The van der Waals surface area contributed by atoms with Crippen molar-refractivity contribution in [2.24, 2.45) is 0 Å². The lowest BCUT2D eigenvalue weighted by Gasteiger charge is -2.31. The van der Waals surface area contributed by atoms with Crippen LogP contribution in [0.3, 0.4) is 0 Å². The summed E-state index contributed by atoms with van der Waals surface area (Å²) in [7, 11) is 0. The Bertz CT molecular complexity index is 186. The Morgan fingerprint density at radius 3 is 2.24 bits per heavy atom. The van der Waals surface area contributed by atoms with Crippen molar-refractivity contribution in [2.45, 2.75) is 58.7 Å². The summed E-state index contributed by atoms with van der Waals surface area (Å²) < 4.78 is 10.9. The summed E-state index contributed by atoms with van der Waals surface area (Å²) in [4.78, 5) is 0. The lowest BCUT2D eigenvalue weighted by atomic mass is 9.98. The second kappa shape index (κ2) is 8.86. The molecule has 0 aliphatic rings. The molecule has 17 heavy (non-hydrogen) atoms. The summed E-state index contributed by atoms with van der Waals surface area (Å²) in [6.45, 7) is 12.2. The van der Waals surface area contributed by atoms with Gasteiger partial charge in [0.1, 0.15) is 0 Å². The van der Waals surface area contributed by atoms with Crippen LogP contribution in [0, 0.1) is 0 Å². The first kappa shape index (κ1) is 16.8. The average Bonchev–Trinajstić information content (AvgIpc) is 2.22. The van der Waals surface area contributed by atoms with Gasteiger partial charge in [-0.15, -0.1) is 0 Å². The van der Waals surface area contributed by atoms with Crippen LogP contribution < -0.4 is 5.32 Å². The minimum Gasteiger partial charge on any atom is -0.394 e. The number of hydrogen-bond acceptors (Lipinski definition) is 4. The second-order valence-corrected chi connectivity index (χ2v) is 5.30. The first-order valence-electron chi connectivity index (χ1n) is 6.47. The second-order valence-electron chi connectivity index (χ2n) is 5.30. The van der Waals surface area contributed by atoms with Gasteiger partial charge in [-0.2, -0.15) is 0 Å². The largest absolute Gasteiger partial charge is 0.394 e. The molecule has 0 heterocycles. The smallest absolute Gasteiger partial charge is 0.0703 e. The van der Waals surface area contributed by atoms with Crippen molar-refractivity contribution in [3.05, 3.63) is 0 Å². The van der Waals surface area contributed by atoms with Gasteiger partial charge in [-0.1, -0.05) is 13.8 Å². The molecule has 0 aliphatic heterocycles. The molecule has 0 amide bonds. The predicted molar refractivity (Wildman–Crippen MR) is 70.3 cm³/mol. The first-order chi connectivity index (χ1) is 7.89. The third-order valence-corrected chi connectivity index (χ3v) is 2.46. The van der Waals surface area contributed by atoms with E-state index in [1.165, 1.54) is 0 Å². The Labute approximate surface area is 106 Å². The van der Waals surface area contributed by atoms with Crippen LogP contribution in [-0.2, 0) is 9.47 Å². The minimum atomic E-state index is -0.257. The fraction of sp³-hybridized carbons (Fsp3) is 1.00. The van der Waals surface area contributed by atoms with Gasteiger partial charge < -0.3 is 19.9 Å². The van der Waals surface area contributed by atoms with Gasteiger partial charge in [0.25, 0.3) is 0 Å². The fourth-order valence-corrected chi connectivity index (χ4v) is 1.64. The number of hydrogen-bond donors (Lipinski definition) is 2. The third kappa shape index (κ3) is 9.53. The van der Waals surface area contributed by atoms with Gasteiger partial charge in [-0.3, -0.25) is 0 Å². The zero-order chi connectivity index (χ0) is 13.3. The molecule has 1 unspecified atom stereocenters. The Balaban J connectivity index is 3.62. The molecule has 0 bridgehead atoms. The van der Waals surface area contributed by atoms with E-state index in [-0.39, 0.29) is 18.2 Å². The molecule has 0 saturated carbocycles. The van der Waals surface area contributed by atoms with E-state index in [2.05, 4.69) is 19.2 Å². The van der Waals surface area contributed by atoms with Crippen LogP contribution in [0.25, 0.3) is 0 Å². The van der Waals surface area contributed by atoms with Crippen molar-refractivity contribution in [1.82, 2.24) is 5.32 Å². The molecule has 0 aromatic carbocycles. The number of aliphatic hydroxyl groups is 1. The van der Waals surface area contributed by atoms with Crippen LogP contribution in [0.1, 0.15) is 41.0 Å². The zero-order valence-corrected chi connectivity index (χ0v) is 12.0. The molecule has 0 aromatic rings. The molecule has 1 atom stereocenters. The van der Waals surface area contributed by atoms with Crippen molar-refractivity contribution in [1.29, 1.82) is 0 Å². The molecule has 0 fully saturated rings. The highest BCUT2D eigenvalue weighted by atomic mass is 16.5. The standard InChI is InChI=1S/C13H29NO3/c1-11(2)14-13(5,10-15)6-7-16-8-9-17-12(3)4/h11-12,14-15H,6-10H2,1-5H3. The van der Waals surface area contributed by atoms with Crippen molar-refractivity contribution in [3.63, 3.8) is 0 Å². The topological polar surface area (TPSA) is 50.7 Å². The van der Waals surface area contributed by atoms with Crippen molar-refractivity contribution >= 4 is 0 Å². The predicted octanol–water partition coefficient (Wildman–Crippen LogP) is 1.57. The van der Waals surface area contributed by atoms with E-state index >= 15 is 0 Å². The number of nitrogens with one attached hydrogen (secondary N) is 1. The molecular weight excluding hydrogens is 218 g/mol. The van der Waals surface area contributed by atoms with Crippen LogP contribution in [-0.4, -0.2) is 49.2 Å². The van der Waals surface area contributed by atoms with E-state index in [0.29, 0.717) is 25.9 Å². The zero-order valence-electron chi connectivity index (χ0n) is 12.0. The van der Waals surface area contributed by atoms with Crippen LogP contribution in [0.2, 0.25) is 0 Å². The summed E-state index contributed by atoms with van der Waals surface area (Å²) in [5.74, 6) is 0. The highest BCUT2D eigenvalue weighted by molar-refractivity contribution is 4.83. The molecule has 104 valence electrons. The SMILES string of the molecule is CC(C)NC(C)(CO)CCOCCOC(C)C. The summed E-state index contributed by atoms with van der Waals surface area (Å²) in [5.41, 5.74) is -0.257. The Morgan fingerprint density at radius 1 is 1.12 bits per heavy atom. The van der Waals surface area contributed by atoms with Gasteiger partial charge in [0.2, 0.25) is 0 Å². The van der Waals surface area contributed by atoms with Gasteiger partial charge in [0.05, 0.1) is 25.9 Å². The summed E-state index contributed by atoms with van der Waals surface area (Å²) in [6, 6.07) is 0.358. The van der Waals surface area contributed by atoms with Gasteiger partial charge in [0, 0.05) is 18.2 Å². The van der Waals surface area contributed by atoms with E-state index in [1.54, 1.807) is 0 Å². The fourth-order valence-electron chi connectivity index (χ4n) is 1.64. The van der Waals surface area contributed by atoms with Crippen LogP contribution >= 0.6 is 0 Å². The van der Waals surface area contributed by atoms with Crippen molar-refractivity contribution in [2.75, 3.05) is 26.4 Å². The normalized spacial score (nSPS) is 15.5. The van der Waals surface area contributed by atoms with Crippen molar-refractivity contribution in [3.8, 4) is 0 Å². The van der Waals surface area contributed by atoms with E-state index in [0.717, 1.165) is 6.42 Å². The highest BCUT2D eigenvalue weighted by Gasteiger charge is 2.23. The van der Waals surface area contributed by atoms with Crippen LogP contribution in [0.4, 0.5) is 0 Å². The van der Waals surface area contributed by atoms with Crippen molar-refractivity contribution < 1.29 is 14.6 Å². The molecular formula is C13H29NO3. The molecule has 0 rings (SSSR count). The molecule has 0 spiro atoms. The third-order valence-electron chi connectivity index (χ3n) is 2.46. The maximum absolute atomic E-state index is 9.37. The summed E-state index contributed by atoms with van der Waals surface area (Å²) in [5, 5.41) is 12.7. The number of rotatable bonds is 10. The van der Waals surface area contributed by atoms with E-state index < -0.39 is 0 Å². The van der Waals surface area contributed by atoms with Gasteiger partial charge in [0.15, 0.2) is 0 Å². The quantitative estimate of drug-likeness (QED) is 0.575. The molecule has 2 N–H and O–H groups in total. The van der Waals surface area contributed by atoms with Crippen LogP contribution in [0.15, 0.2) is 0 Å². The Morgan fingerprint density at radius 2 is 1.76 bits per heavy atom. The van der Waals surface area contributed by atoms with Gasteiger partial charge in [-0.05, 0) is 27.2 Å². The maximum Gasteiger partial charge on any atom is 0.0703 e. The highest BCUT2D eigenvalue weighted by Crippen LogP contribution is 2.10.